The zero-order valence-electron chi connectivity index (χ0n) is 13.5. The molecule has 6 nitrogen and oxygen atoms in total. The predicted molar refractivity (Wildman–Crippen MR) is 89.8 cm³/mol. The summed E-state index contributed by atoms with van der Waals surface area (Å²) in [5.74, 6) is -0.402. The SMILES string of the molecule is COC(=O)c1c(C)nc(C)c2c(=O)n(-c3ccc(O)cc3)ccc12. The summed E-state index contributed by atoms with van der Waals surface area (Å²) in [7, 11) is 1.30. The highest BCUT2D eigenvalue weighted by Crippen LogP contribution is 2.23. The maximum absolute atomic E-state index is 12.9. The van der Waals surface area contributed by atoms with E-state index in [4.69, 9.17) is 4.74 Å². The van der Waals surface area contributed by atoms with Crippen LogP contribution in [0.15, 0.2) is 41.3 Å². The number of hydrogen-bond donors (Lipinski definition) is 1. The number of phenolic OH excluding ortho intramolecular Hbond substituents is 1. The van der Waals surface area contributed by atoms with Gasteiger partial charge in [0.1, 0.15) is 5.75 Å². The highest BCUT2D eigenvalue weighted by Gasteiger charge is 2.19. The number of phenols is 1. The average molecular weight is 324 g/mol. The third-order valence-electron chi connectivity index (χ3n) is 3.94. The molecule has 122 valence electrons. The van der Waals surface area contributed by atoms with Crippen LogP contribution in [0.2, 0.25) is 0 Å². The number of aromatic hydroxyl groups is 1. The lowest BCUT2D eigenvalue weighted by Gasteiger charge is -2.12. The molecular weight excluding hydrogens is 308 g/mol. The molecule has 0 amide bonds. The minimum atomic E-state index is -0.521. The first-order valence-corrected chi connectivity index (χ1v) is 7.34. The zero-order chi connectivity index (χ0) is 17.4. The topological polar surface area (TPSA) is 81.4 Å². The minimum absolute atomic E-state index is 0.119. The molecule has 0 unspecified atom stereocenters. The Hall–Kier alpha value is -3.15. The van der Waals surface area contributed by atoms with Gasteiger partial charge in [-0.2, -0.15) is 0 Å². The van der Waals surface area contributed by atoms with E-state index in [1.165, 1.54) is 23.8 Å². The van der Waals surface area contributed by atoms with Gasteiger partial charge in [0, 0.05) is 17.3 Å². The largest absolute Gasteiger partial charge is 0.508 e. The molecule has 6 heteroatoms. The molecule has 0 saturated heterocycles. The van der Waals surface area contributed by atoms with E-state index in [2.05, 4.69) is 4.98 Å². The Morgan fingerprint density at radius 3 is 2.42 bits per heavy atom. The molecule has 3 rings (SSSR count). The summed E-state index contributed by atoms with van der Waals surface area (Å²) >= 11 is 0. The summed E-state index contributed by atoms with van der Waals surface area (Å²) in [5.41, 5.74) is 1.70. The molecule has 2 heterocycles. The molecule has 0 atom stereocenters. The van der Waals surface area contributed by atoms with Gasteiger partial charge in [0.05, 0.1) is 29.4 Å². The molecule has 0 saturated carbocycles. The first kappa shape index (κ1) is 15.7. The summed E-state index contributed by atoms with van der Waals surface area (Å²) in [5, 5.41) is 10.3. The Labute approximate surface area is 138 Å². The van der Waals surface area contributed by atoms with Crippen molar-refractivity contribution in [3.05, 3.63) is 63.8 Å². The van der Waals surface area contributed by atoms with Gasteiger partial charge in [0.2, 0.25) is 0 Å². The summed E-state index contributed by atoms with van der Waals surface area (Å²) < 4.78 is 6.27. The molecule has 0 bridgehead atoms. The zero-order valence-corrected chi connectivity index (χ0v) is 13.5. The maximum atomic E-state index is 12.9. The van der Waals surface area contributed by atoms with E-state index in [-0.39, 0.29) is 11.3 Å². The van der Waals surface area contributed by atoms with E-state index in [0.29, 0.717) is 33.4 Å². The fourth-order valence-corrected chi connectivity index (χ4v) is 2.83. The second-order valence-electron chi connectivity index (χ2n) is 5.45. The number of carbonyl (C=O) groups is 1. The lowest BCUT2D eigenvalue weighted by molar-refractivity contribution is 0.0601. The monoisotopic (exact) mass is 324 g/mol. The van der Waals surface area contributed by atoms with Gasteiger partial charge in [0.25, 0.3) is 5.56 Å². The van der Waals surface area contributed by atoms with Crippen molar-refractivity contribution in [1.82, 2.24) is 9.55 Å². The number of aromatic nitrogens is 2. The van der Waals surface area contributed by atoms with E-state index in [0.717, 1.165) is 0 Å². The van der Waals surface area contributed by atoms with Gasteiger partial charge in [0.15, 0.2) is 0 Å². The van der Waals surface area contributed by atoms with E-state index < -0.39 is 5.97 Å². The first-order valence-electron chi connectivity index (χ1n) is 7.34. The smallest absolute Gasteiger partial charge is 0.340 e. The second kappa shape index (κ2) is 5.81. The van der Waals surface area contributed by atoms with Crippen molar-refractivity contribution in [2.24, 2.45) is 0 Å². The lowest BCUT2D eigenvalue weighted by atomic mass is 10.0. The number of nitrogens with zero attached hydrogens (tertiary/aromatic N) is 2. The molecule has 0 aliphatic rings. The van der Waals surface area contributed by atoms with Crippen LogP contribution in [0.3, 0.4) is 0 Å². The molecule has 3 aromatic rings. The van der Waals surface area contributed by atoms with E-state index in [1.807, 2.05) is 0 Å². The number of fused-ring (bicyclic) bond motifs is 1. The molecule has 24 heavy (non-hydrogen) atoms. The molecule has 0 radical (unpaired) electrons. The van der Waals surface area contributed by atoms with Gasteiger partial charge < -0.3 is 9.84 Å². The summed E-state index contributed by atoms with van der Waals surface area (Å²) in [6, 6.07) is 8.00. The Balaban J connectivity index is 2.36. The predicted octanol–water partition coefficient (Wildman–Crippen LogP) is 2.49. The van der Waals surface area contributed by atoms with Crippen LogP contribution >= 0.6 is 0 Å². The summed E-state index contributed by atoms with van der Waals surface area (Å²) in [6.07, 6.45) is 1.60. The number of benzene rings is 1. The van der Waals surface area contributed by atoms with Gasteiger partial charge in [-0.05, 0) is 44.2 Å². The fraction of sp³-hybridized carbons (Fsp3) is 0.167. The van der Waals surface area contributed by atoms with Gasteiger partial charge in [-0.1, -0.05) is 0 Å². The number of ether oxygens (including phenoxy) is 1. The van der Waals surface area contributed by atoms with Gasteiger partial charge >= 0.3 is 5.97 Å². The van der Waals surface area contributed by atoms with Crippen LogP contribution < -0.4 is 5.56 Å². The number of carbonyl (C=O) groups excluding carboxylic acids is 1. The van der Waals surface area contributed by atoms with Crippen LogP contribution in [-0.4, -0.2) is 27.7 Å². The molecular formula is C18H16N2O4. The number of esters is 1. The maximum Gasteiger partial charge on any atom is 0.340 e. The van der Waals surface area contributed by atoms with Crippen molar-refractivity contribution in [3.63, 3.8) is 0 Å². The van der Waals surface area contributed by atoms with Crippen LogP contribution in [0, 0.1) is 13.8 Å². The highest BCUT2D eigenvalue weighted by molar-refractivity contribution is 6.05. The van der Waals surface area contributed by atoms with Crippen LogP contribution in [0.5, 0.6) is 5.75 Å². The van der Waals surface area contributed by atoms with E-state index >= 15 is 0 Å². The third kappa shape index (κ3) is 2.42. The molecule has 0 spiro atoms. The number of pyridine rings is 2. The number of hydrogen-bond acceptors (Lipinski definition) is 5. The highest BCUT2D eigenvalue weighted by atomic mass is 16.5. The molecule has 0 aliphatic heterocycles. The molecule has 0 aliphatic carbocycles. The molecule has 1 N–H and O–H groups in total. The van der Waals surface area contributed by atoms with E-state index in [1.54, 1.807) is 38.2 Å². The van der Waals surface area contributed by atoms with Crippen LogP contribution in [0.25, 0.3) is 16.5 Å². The fourth-order valence-electron chi connectivity index (χ4n) is 2.83. The Bertz CT molecular complexity index is 1000. The first-order chi connectivity index (χ1) is 11.4. The summed E-state index contributed by atoms with van der Waals surface area (Å²) in [6.45, 7) is 3.45. The minimum Gasteiger partial charge on any atom is -0.508 e. The van der Waals surface area contributed by atoms with Gasteiger partial charge in [-0.15, -0.1) is 0 Å². The Kier molecular flexibility index (Phi) is 3.81. The third-order valence-corrected chi connectivity index (χ3v) is 3.94. The summed E-state index contributed by atoms with van der Waals surface area (Å²) in [4.78, 5) is 29.3. The van der Waals surface area contributed by atoms with Gasteiger partial charge in [-0.3, -0.25) is 14.3 Å². The normalized spacial score (nSPS) is 10.8. The molecule has 1 aromatic carbocycles. The van der Waals surface area contributed by atoms with Gasteiger partial charge in [-0.25, -0.2) is 4.79 Å². The molecule has 0 fully saturated rings. The Morgan fingerprint density at radius 2 is 1.79 bits per heavy atom. The van der Waals surface area contributed by atoms with Crippen LogP contribution in [0.1, 0.15) is 21.7 Å². The second-order valence-corrected chi connectivity index (χ2v) is 5.45. The van der Waals surface area contributed by atoms with Crippen molar-refractivity contribution in [2.45, 2.75) is 13.8 Å². The number of methoxy groups -OCH3 is 1. The standard InChI is InChI=1S/C18H16N2O4/c1-10-15-14(16(11(2)19-10)18(23)24-3)8-9-20(17(15)22)12-4-6-13(21)7-5-12/h4-9,21H,1-3H3. The van der Waals surface area contributed by atoms with Crippen molar-refractivity contribution in [3.8, 4) is 11.4 Å². The quantitative estimate of drug-likeness (QED) is 0.733. The van der Waals surface area contributed by atoms with Crippen molar-refractivity contribution < 1.29 is 14.6 Å². The van der Waals surface area contributed by atoms with E-state index in [9.17, 15) is 14.7 Å². The van der Waals surface area contributed by atoms with Crippen molar-refractivity contribution >= 4 is 16.7 Å². The number of aryl methyl sites for hydroxylation is 2. The Morgan fingerprint density at radius 1 is 1.12 bits per heavy atom. The van der Waals surface area contributed by atoms with Crippen molar-refractivity contribution in [2.75, 3.05) is 7.11 Å². The average Bonchev–Trinajstić information content (AvgIpc) is 2.55. The van der Waals surface area contributed by atoms with Crippen LogP contribution in [0.4, 0.5) is 0 Å². The number of rotatable bonds is 2. The lowest BCUT2D eigenvalue weighted by Crippen LogP contribution is -2.20. The van der Waals surface area contributed by atoms with Crippen molar-refractivity contribution in [1.29, 1.82) is 0 Å². The molecule has 2 aromatic heterocycles. The van der Waals surface area contributed by atoms with Crippen LogP contribution in [-0.2, 0) is 4.74 Å².